The lowest BCUT2D eigenvalue weighted by molar-refractivity contribution is -0.384. The van der Waals surface area contributed by atoms with Crippen LogP contribution in [0.4, 0.5) is 5.69 Å². The van der Waals surface area contributed by atoms with Crippen LogP contribution in [0.1, 0.15) is 27.7 Å². The number of hydrogen-bond acceptors (Lipinski definition) is 5. The van der Waals surface area contributed by atoms with Crippen molar-refractivity contribution in [1.29, 1.82) is 0 Å². The van der Waals surface area contributed by atoms with E-state index in [-0.39, 0.29) is 28.3 Å². The van der Waals surface area contributed by atoms with Gasteiger partial charge in [-0.25, -0.2) is 0 Å². The Morgan fingerprint density at radius 3 is 2.44 bits per heavy atom. The highest BCUT2D eigenvalue weighted by atomic mass is 16.6. The molecule has 25 heavy (non-hydrogen) atoms. The quantitative estimate of drug-likeness (QED) is 0.530. The predicted octanol–water partition coefficient (Wildman–Crippen LogP) is 2.88. The number of non-ortho nitro benzene ring substituents is 1. The maximum atomic E-state index is 12.9. The Bertz CT molecular complexity index is 1080. The summed E-state index contributed by atoms with van der Waals surface area (Å²) in [5.74, 6) is -0.365. The second-order valence-electron chi connectivity index (χ2n) is 5.84. The zero-order valence-corrected chi connectivity index (χ0v) is 13.1. The number of para-hydroxylation sites is 1. The minimum Gasteiger partial charge on any atom is -0.450 e. The van der Waals surface area contributed by atoms with Crippen molar-refractivity contribution in [3.63, 3.8) is 0 Å². The molecule has 4 rings (SSSR count). The van der Waals surface area contributed by atoms with Gasteiger partial charge in [0.05, 0.1) is 21.9 Å². The number of amides is 1. The minimum atomic E-state index is -0.635. The molecule has 0 fully saturated rings. The van der Waals surface area contributed by atoms with Gasteiger partial charge >= 0.3 is 0 Å². The molecule has 1 amide bonds. The van der Waals surface area contributed by atoms with Crippen LogP contribution in [-0.2, 0) is 0 Å². The van der Waals surface area contributed by atoms with Crippen LogP contribution >= 0.6 is 0 Å². The van der Waals surface area contributed by atoms with E-state index in [4.69, 9.17) is 4.42 Å². The summed E-state index contributed by atoms with van der Waals surface area (Å²) in [4.78, 5) is 37.2. The molecular weight excluding hydrogens is 324 g/mol. The normalized spacial score (nSPS) is 16.3. The van der Waals surface area contributed by atoms with Crippen LogP contribution in [0.25, 0.3) is 11.0 Å². The monoisotopic (exact) mass is 336 g/mol. The molecule has 3 aromatic rings. The van der Waals surface area contributed by atoms with Crippen molar-refractivity contribution in [2.75, 3.05) is 7.05 Å². The second kappa shape index (κ2) is 5.27. The molecule has 2 heterocycles. The summed E-state index contributed by atoms with van der Waals surface area (Å²) in [6.07, 6.45) is 0. The van der Waals surface area contributed by atoms with Crippen LogP contribution in [-0.4, -0.2) is 22.8 Å². The number of nitro benzene ring substituents is 1. The van der Waals surface area contributed by atoms with Crippen molar-refractivity contribution in [1.82, 2.24) is 4.90 Å². The lowest BCUT2D eigenvalue weighted by Crippen LogP contribution is -2.25. The van der Waals surface area contributed by atoms with Gasteiger partial charge < -0.3 is 9.32 Å². The average Bonchev–Trinajstić information content (AvgIpc) is 2.87. The van der Waals surface area contributed by atoms with Crippen LogP contribution in [0, 0.1) is 10.1 Å². The summed E-state index contributed by atoms with van der Waals surface area (Å²) in [6.45, 7) is 0. The van der Waals surface area contributed by atoms with Gasteiger partial charge in [-0.1, -0.05) is 12.1 Å². The standard InChI is InChI=1S/C18H12N2O5/c1-19-15(10-6-8-11(9-7-10)20(23)24)14-16(21)12-4-2-3-5-13(12)25-17(14)18(19)22/h2-9,15H,1H3/t15-/m1/s1. The summed E-state index contributed by atoms with van der Waals surface area (Å²) in [5, 5.41) is 11.2. The molecule has 0 radical (unpaired) electrons. The van der Waals surface area contributed by atoms with Crippen LogP contribution in [0.15, 0.2) is 57.7 Å². The van der Waals surface area contributed by atoms with Crippen molar-refractivity contribution in [2.45, 2.75) is 6.04 Å². The fraction of sp³-hybridized carbons (Fsp3) is 0.111. The molecule has 0 spiro atoms. The van der Waals surface area contributed by atoms with Crippen LogP contribution in [0.2, 0.25) is 0 Å². The fourth-order valence-corrected chi connectivity index (χ4v) is 3.20. The van der Waals surface area contributed by atoms with Crippen LogP contribution in [0.3, 0.4) is 0 Å². The molecule has 0 aliphatic carbocycles. The highest BCUT2D eigenvalue weighted by Gasteiger charge is 2.40. The number of benzene rings is 2. The van der Waals surface area contributed by atoms with E-state index >= 15 is 0 Å². The number of hydrogen-bond donors (Lipinski definition) is 0. The van der Waals surface area contributed by atoms with Gasteiger partial charge in [0, 0.05) is 19.2 Å². The Morgan fingerprint density at radius 1 is 1.08 bits per heavy atom. The van der Waals surface area contributed by atoms with E-state index in [9.17, 15) is 19.7 Å². The summed E-state index contributed by atoms with van der Waals surface area (Å²) in [5.41, 5.74) is 0.916. The first-order valence-electron chi connectivity index (χ1n) is 7.56. The number of carbonyl (C=O) groups is 1. The summed E-state index contributed by atoms with van der Waals surface area (Å²) in [6, 6.07) is 11.9. The number of rotatable bonds is 2. The van der Waals surface area contributed by atoms with Crippen LogP contribution in [0.5, 0.6) is 0 Å². The highest BCUT2D eigenvalue weighted by Crippen LogP contribution is 2.37. The molecule has 0 saturated heterocycles. The molecule has 1 aliphatic rings. The smallest absolute Gasteiger partial charge is 0.290 e. The molecule has 1 aromatic heterocycles. The van der Waals surface area contributed by atoms with E-state index in [0.29, 0.717) is 16.5 Å². The van der Waals surface area contributed by atoms with Gasteiger partial charge in [-0.15, -0.1) is 0 Å². The summed E-state index contributed by atoms with van der Waals surface area (Å²) >= 11 is 0. The maximum absolute atomic E-state index is 12.9. The van der Waals surface area contributed by atoms with Crippen LogP contribution < -0.4 is 5.43 Å². The first kappa shape index (κ1) is 15.1. The number of nitrogens with zero attached hydrogens (tertiary/aromatic N) is 2. The molecule has 0 unspecified atom stereocenters. The first-order valence-corrected chi connectivity index (χ1v) is 7.56. The molecule has 2 aromatic carbocycles. The first-order chi connectivity index (χ1) is 12.0. The van der Waals surface area contributed by atoms with E-state index in [1.165, 1.54) is 17.0 Å². The SMILES string of the molecule is CN1C(=O)c2oc3ccccc3c(=O)c2[C@H]1c1ccc([N+](=O)[O-])cc1. The Balaban J connectivity index is 1.95. The fourth-order valence-electron chi connectivity index (χ4n) is 3.20. The van der Waals surface area contributed by atoms with Gasteiger partial charge in [0.15, 0.2) is 5.43 Å². The van der Waals surface area contributed by atoms with E-state index in [1.54, 1.807) is 43.4 Å². The van der Waals surface area contributed by atoms with E-state index in [1.807, 2.05) is 0 Å². The number of fused-ring (bicyclic) bond motifs is 2. The van der Waals surface area contributed by atoms with Crippen molar-refractivity contribution < 1.29 is 14.1 Å². The van der Waals surface area contributed by atoms with Crippen molar-refractivity contribution in [3.05, 3.63) is 85.8 Å². The third-order valence-electron chi connectivity index (χ3n) is 4.43. The topological polar surface area (TPSA) is 93.7 Å². The molecule has 7 nitrogen and oxygen atoms in total. The number of carbonyl (C=O) groups excluding carboxylic acids is 1. The average molecular weight is 336 g/mol. The third-order valence-corrected chi connectivity index (χ3v) is 4.43. The van der Waals surface area contributed by atoms with Crippen molar-refractivity contribution in [2.24, 2.45) is 0 Å². The van der Waals surface area contributed by atoms with E-state index in [0.717, 1.165) is 0 Å². The van der Waals surface area contributed by atoms with Gasteiger partial charge in [0.2, 0.25) is 5.76 Å². The van der Waals surface area contributed by atoms with Crippen molar-refractivity contribution >= 4 is 22.6 Å². The van der Waals surface area contributed by atoms with E-state index < -0.39 is 11.0 Å². The largest absolute Gasteiger partial charge is 0.450 e. The Morgan fingerprint density at radius 2 is 1.76 bits per heavy atom. The molecule has 0 N–H and O–H groups in total. The third kappa shape index (κ3) is 2.13. The Labute approximate surface area is 141 Å². The van der Waals surface area contributed by atoms with Crippen molar-refractivity contribution in [3.8, 4) is 0 Å². The lowest BCUT2D eigenvalue weighted by Gasteiger charge is -2.20. The van der Waals surface area contributed by atoms with Gasteiger partial charge in [0.1, 0.15) is 5.58 Å². The zero-order chi connectivity index (χ0) is 17.7. The molecule has 1 aliphatic heterocycles. The molecule has 0 bridgehead atoms. The lowest BCUT2D eigenvalue weighted by atomic mass is 9.98. The summed E-state index contributed by atoms with van der Waals surface area (Å²) in [7, 11) is 1.58. The van der Waals surface area contributed by atoms with Gasteiger partial charge in [-0.3, -0.25) is 19.7 Å². The zero-order valence-electron chi connectivity index (χ0n) is 13.1. The minimum absolute atomic E-state index is 0.0227. The molecular formula is C18H12N2O5. The Kier molecular flexibility index (Phi) is 3.18. The number of nitro groups is 1. The highest BCUT2D eigenvalue weighted by molar-refractivity contribution is 5.98. The maximum Gasteiger partial charge on any atom is 0.290 e. The van der Waals surface area contributed by atoms with Gasteiger partial charge in [0.25, 0.3) is 11.6 Å². The molecule has 124 valence electrons. The molecule has 1 atom stereocenters. The molecule has 7 heteroatoms. The van der Waals surface area contributed by atoms with Gasteiger partial charge in [-0.2, -0.15) is 0 Å². The predicted molar refractivity (Wildman–Crippen MR) is 89.5 cm³/mol. The summed E-state index contributed by atoms with van der Waals surface area (Å²) < 4.78 is 5.68. The van der Waals surface area contributed by atoms with E-state index in [2.05, 4.69) is 0 Å². The molecule has 0 saturated carbocycles. The Hall–Kier alpha value is -3.48. The van der Waals surface area contributed by atoms with Gasteiger partial charge in [-0.05, 0) is 29.8 Å². The second-order valence-corrected chi connectivity index (χ2v) is 5.84.